The minimum atomic E-state index is -1.16. The quantitative estimate of drug-likeness (QED) is 0.816. The average Bonchev–Trinajstić information content (AvgIpc) is 2.81. The lowest BCUT2D eigenvalue weighted by Gasteiger charge is -2.05. The van der Waals surface area contributed by atoms with Crippen molar-refractivity contribution in [3.8, 4) is 5.75 Å². The number of benzene rings is 1. The molecule has 0 amide bonds. The normalized spacial score (nSPS) is 10.5. The summed E-state index contributed by atoms with van der Waals surface area (Å²) in [6.07, 6.45) is 1.60. The number of carboxylic acids is 1. The molecule has 2 aromatic rings. The number of carbonyl (C=O) groups excluding carboxylic acids is 1. The molecule has 4 nitrogen and oxygen atoms in total. The Bertz CT molecular complexity index is 590. The Morgan fingerprint density at radius 3 is 2.60 bits per heavy atom. The fourth-order valence-electron chi connectivity index (χ4n) is 1.83. The van der Waals surface area contributed by atoms with Gasteiger partial charge in [-0.3, -0.25) is 0 Å². The molecule has 20 heavy (non-hydrogen) atoms. The van der Waals surface area contributed by atoms with E-state index in [0.717, 1.165) is 28.5 Å². The maximum absolute atomic E-state index is 10.8. The third-order valence-corrected chi connectivity index (χ3v) is 4.14. The number of hydrogen-bond donors (Lipinski definition) is 0. The van der Waals surface area contributed by atoms with Gasteiger partial charge in [0.15, 0.2) is 0 Å². The molecule has 0 radical (unpaired) electrons. The van der Waals surface area contributed by atoms with Crippen molar-refractivity contribution < 1.29 is 14.6 Å². The Morgan fingerprint density at radius 2 is 2.05 bits per heavy atom. The van der Waals surface area contributed by atoms with Gasteiger partial charge in [0.25, 0.3) is 0 Å². The van der Waals surface area contributed by atoms with Gasteiger partial charge < -0.3 is 14.6 Å². The van der Waals surface area contributed by atoms with E-state index in [-0.39, 0.29) is 4.88 Å². The fraction of sp³-hybridized carbons (Fsp3) is 0.333. The van der Waals surface area contributed by atoms with E-state index in [0.29, 0.717) is 18.7 Å². The number of nitrogens with zero attached hydrogens (tertiary/aromatic N) is 1. The maximum atomic E-state index is 10.8. The highest BCUT2D eigenvalue weighted by atomic mass is 32.1. The van der Waals surface area contributed by atoms with E-state index >= 15 is 0 Å². The molecule has 0 bridgehead atoms. The van der Waals surface area contributed by atoms with Crippen LogP contribution in [0.5, 0.6) is 5.75 Å². The summed E-state index contributed by atoms with van der Waals surface area (Å²) >= 11 is 1.16. The largest absolute Gasteiger partial charge is 0.544 e. The molecule has 0 spiro atoms. The fourth-order valence-corrected chi connectivity index (χ4v) is 2.71. The van der Waals surface area contributed by atoms with Crippen molar-refractivity contribution in [2.75, 3.05) is 6.61 Å². The molecule has 5 heteroatoms. The first-order valence-corrected chi connectivity index (χ1v) is 7.31. The van der Waals surface area contributed by atoms with Crippen LogP contribution in [0.3, 0.4) is 0 Å². The smallest absolute Gasteiger partial charge is 0.119 e. The number of aryl methyl sites for hydroxylation is 2. The Balaban J connectivity index is 1.89. The minimum absolute atomic E-state index is 0.201. The molecule has 0 aliphatic heterocycles. The summed E-state index contributed by atoms with van der Waals surface area (Å²) in [4.78, 5) is 15.2. The van der Waals surface area contributed by atoms with E-state index in [2.05, 4.69) is 11.9 Å². The monoisotopic (exact) mass is 290 g/mol. The van der Waals surface area contributed by atoms with Gasteiger partial charge in [-0.2, -0.15) is 0 Å². The van der Waals surface area contributed by atoms with Crippen molar-refractivity contribution in [3.05, 3.63) is 45.4 Å². The number of hydrogen-bond acceptors (Lipinski definition) is 5. The highest BCUT2D eigenvalue weighted by Crippen LogP contribution is 2.18. The van der Waals surface area contributed by atoms with Gasteiger partial charge in [-0.25, -0.2) is 4.98 Å². The molecule has 0 saturated carbocycles. The maximum Gasteiger partial charge on any atom is 0.119 e. The Kier molecular flexibility index (Phi) is 4.74. The van der Waals surface area contributed by atoms with Crippen molar-refractivity contribution in [2.45, 2.75) is 26.7 Å². The van der Waals surface area contributed by atoms with Crippen molar-refractivity contribution in [1.29, 1.82) is 0 Å². The molecule has 1 aromatic heterocycles. The van der Waals surface area contributed by atoms with Crippen molar-refractivity contribution >= 4 is 17.3 Å². The molecule has 0 fully saturated rings. The van der Waals surface area contributed by atoms with Gasteiger partial charge in [0, 0.05) is 6.42 Å². The number of carboxylic acid groups (broad SMARTS) is 1. The molecule has 1 aromatic carbocycles. The molecule has 106 valence electrons. The van der Waals surface area contributed by atoms with Crippen LogP contribution in [0.1, 0.15) is 32.9 Å². The molecular formula is C15H16NO3S-. The number of aromatic nitrogens is 1. The second-order valence-electron chi connectivity index (χ2n) is 4.41. The molecule has 0 unspecified atom stereocenters. The van der Waals surface area contributed by atoms with E-state index in [9.17, 15) is 9.90 Å². The molecule has 0 aliphatic carbocycles. The van der Waals surface area contributed by atoms with Crippen molar-refractivity contribution in [2.24, 2.45) is 0 Å². The molecule has 0 N–H and O–H groups in total. The summed E-state index contributed by atoms with van der Waals surface area (Å²) in [6, 6.07) is 7.96. The predicted molar refractivity (Wildman–Crippen MR) is 76.2 cm³/mol. The molecule has 2 rings (SSSR count). The van der Waals surface area contributed by atoms with Gasteiger partial charge in [-0.15, -0.1) is 11.3 Å². The summed E-state index contributed by atoms with van der Waals surface area (Å²) < 4.78 is 5.62. The summed E-state index contributed by atoms with van der Waals surface area (Å²) in [5, 5.41) is 11.6. The Labute approximate surface area is 122 Å². The summed E-state index contributed by atoms with van der Waals surface area (Å²) in [7, 11) is 0. The van der Waals surface area contributed by atoms with Gasteiger partial charge >= 0.3 is 0 Å². The van der Waals surface area contributed by atoms with Crippen LogP contribution in [0.25, 0.3) is 0 Å². The standard InChI is InChI=1S/C15H17NO3S/c1-3-11-4-6-12(7-5-11)19-9-8-13-16-10(2)14(20-13)15(17)18/h4-7H,3,8-9H2,1-2H3,(H,17,18)/p-1. The molecular weight excluding hydrogens is 274 g/mol. The van der Waals surface area contributed by atoms with Crippen LogP contribution >= 0.6 is 11.3 Å². The summed E-state index contributed by atoms with van der Waals surface area (Å²) in [5.41, 5.74) is 1.78. The lowest BCUT2D eigenvalue weighted by atomic mass is 10.2. The topological polar surface area (TPSA) is 62.2 Å². The van der Waals surface area contributed by atoms with Gasteiger partial charge in [0.1, 0.15) is 5.75 Å². The van der Waals surface area contributed by atoms with Crippen LogP contribution in [0, 0.1) is 6.92 Å². The zero-order valence-corrected chi connectivity index (χ0v) is 12.3. The van der Waals surface area contributed by atoms with Crippen molar-refractivity contribution in [3.63, 3.8) is 0 Å². The van der Waals surface area contributed by atoms with E-state index in [1.165, 1.54) is 5.56 Å². The minimum Gasteiger partial charge on any atom is -0.544 e. The highest BCUT2D eigenvalue weighted by molar-refractivity contribution is 7.13. The number of thiazole rings is 1. The molecule has 1 heterocycles. The van der Waals surface area contributed by atoms with Gasteiger partial charge in [-0.1, -0.05) is 19.1 Å². The van der Waals surface area contributed by atoms with E-state index < -0.39 is 5.97 Å². The van der Waals surface area contributed by atoms with E-state index in [1.54, 1.807) is 6.92 Å². The predicted octanol–water partition coefficient (Wildman–Crippen LogP) is 2.00. The third-order valence-electron chi connectivity index (χ3n) is 2.94. The highest BCUT2D eigenvalue weighted by Gasteiger charge is 2.08. The second-order valence-corrected chi connectivity index (χ2v) is 5.49. The lowest BCUT2D eigenvalue weighted by molar-refractivity contribution is -0.254. The Morgan fingerprint density at radius 1 is 1.35 bits per heavy atom. The summed E-state index contributed by atoms with van der Waals surface area (Å²) in [5.74, 6) is -0.349. The van der Waals surface area contributed by atoms with Crippen LogP contribution in [-0.2, 0) is 12.8 Å². The first kappa shape index (κ1) is 14.5. The first-order chi connectivity index (χ1) is 9.60. The number of rotatable bonds is 6. The molecule has 0 aliphatic rings. The van der Waals surface area contributed by atoms with Gasteiger partial charge in [0.2, 0.25) is 0 Å². The van der Waals surface area contributed by atoms with Crippen LogP contribution in [0.15, 0.2) is 24.3 Å². The van der Waals surface area contributed by atoms with Gasteiger partial charge in [-0.05, 0) is 31.0 Å². The zero-order valence-electron chi connectivity index (χ0n) is 11.5. The van der Waals surface area contributed by atoms with Crippen molar-refractivity contribution in [1.82, 2.24) is 4.98 Å². The van der Waals surface area contributed by atoms with Crippen LogP contribution in [0.2, 0.25) is 0 Å². The second kappa shape index (κ2) is 6.52. The van der Waals surface area contributed by atoms with Crippen LogP contribution in [0.4, 0.5) is 0 Å². The SMILES string of the molecule is CCc1ccc(OCCc2nc(C)c(C(=O)[O-])s2)cc1. The number of aromatic carboxylic acids is 1. The average molecular weight is 290 g/mol. The zero-order chi connectivity index (χ0) is 14.5. The van der Waals surface area contributed by atoms with E-state index in [1.807, 2.05) is 24.3 Å². The Hall–Kier alpha value is -1.88. The first-order valence-electron chi connectivity index (χ1n) is 6.49. The summed E-state index contributed by atoms with van der Waals surface area (Å²) in [6.45, 7) is 4.26. The molecule has 0 saturated heterocycles. The number of carbonyl (C=O) groups is 1. The molecule has 0 atom stereocenters. The van der Waals surface area contributed by atoms with Gasteiger partial charge in [0.05, 0.1) is 28.2 Å². The van der Waals surface area contributed by atoms with Crippen LogP contribution in [-0.4, -0.2) is 17.6 Å². The van der Waals surface area contributed by atoms with Crippen LogP contribution < -0.4 is 9.84 Å². The third kappa shape index (κ3) is 3.57. The van der Waals surface area contributed by atoms with E-state index in [4.69, 9.17) is 4.74 Å². The lowest BCUT2D eigenvalue weighted by Crippen LogP contribution is -2.21. The number of ether oxygens (including phenoxy) is 1.